The predicted octanol–water partition coefficient (Wildman–Crippen LogP) is 5.50. The van der Waals surface area contributed by atoms with Gasteiger partial charge in [0.15, 0.2) is 5.11 Å². The van der Waals surface area contributed by atoms with Crippen molar-refractivity contribution in [2.24, 2.45) is 0 Å². The van der Waals surface area contributed by atoms with Crippen molar-refractivity contribution in [3.63, 3.8) is 0 Å². The Balaban J connectivity index is 2.06. The summed E-state index contributed by atoms with van der Waals surface area (Å²) >= 11 is 8.88. The van der Waals surface area contributed by atoms with Gasteiger partial charge >= 0.3 is 0 Å². The molecule has 0 aromatic heterocycles. The molecule has 2 nitrogen and oxygen atoms in total. The maximum Gasteiger partial charge on any atom is 0.171 e. The van der Waals surface area contributed by atoms with Crippen LogP contribution in [0.5, 0.6) is 0 Å². The summed E-state index contributed by atoms with van der Waals surface area (Å²) in [5.74, 6) is 0. The highest BCUT2D eigenvalue weighted by molar-refractivity contribution is 9.10. The minimum absolute atomic E-state index is 0.219. The highest BCUT2D eigenvalue weighted by Gasteiger charge is 2.13. The van der Waals surface area contributed by atoms with Crippen molar-refractivity contribution in [2.75, 3.05) is 5.32 Å². The van der Waals surface area contributed by atoms with E-state index in [1.54, 1.807) is 0 Å². The van der Waals surface area contributed by atoms with Crippen molar-refractivity contribution >= 4 is 38.9 Å². The van der Waals surface area contributed by atoms with E-state index in [0.29, 0.717) is 5.11 Å². The van der Waals surface area contributed by atoms with Gasteiger partial charge in [-0.2, -0.15) is 0 Å². The highest BCUT2D eigenvalue weighted by atomic mass is 79.9. The summed E-state index contributed by atoms with van der Waals surface area (Å²) in [6, 6.07) is 14.7. The summed E-state index contributed by atoms with van der Waals surface area (Å²) in [6.45, 7) is 6.43. The largest absolute Gasteiger partial charge is 0.356 e. The molecule has 0 aliphatic heterocycles. The Kier molecular flexibility index (Phi) is 5.98. The molecule has 0 aliphatic carbocycles. The van der Waals surface area contributed by atoms with Gasteiger partial charge in [0.25, 0.3) is 0 Å². The number of thiocarbonyl (C=S) groups is 1. The zero-order valence-electron chi connectivity index (χ0n) is 13.1. The SMILES string of the molecule is CCC(NC(=S)Nc1ccc(Br)cc1)c1ccc(C)cc1C. The summed E-state index contributed by atoms with van der Waals surface area (Å²) in [4.78, 5) is 0. The normalized spacial score (nSPS) is 11.8. The number of nitrogens with one attached hydrogen (secondary N) is 2. The van der Waals surface area contributed by atoms with Gasteiger partial charge in [-0.1, -0.05) is 46.6 Å². The first-order valence-corrected chi connectivity index (χ1v) is 8.60. The Morgan fingerprint density at radius 1 is 1.14 bits per heavy atom. The van der Waals surface area contributed by atoms with Crippen molar-refractivity contribution in [3.05, 3.63) is 63.6 Å². The zero-order chi connectivity index (χ0) is 16.1. The van der Waals surface area contributed by atoms with Gasteiger partial charge in [-0.05, 0) is 67.9 Å². The first-order valence-electron chi connectivity index (χ1n) is 7.40. The summed E-state index contributed by atoms with van der Waals surface area (Å²) in [5, 5.41) is 7.30. The third-order valence-electron chi connectivity index (χ3n) is 3.62. The zero-order valence-corrected chi connectivity index (χ0v) is 15.5. The second-order valence-corrected chi connectivity index (χ2v) is 6.75. The van der Waals surface area contributed by atoms with Crippen LogP contribution in [0.2, 0.25) is 0 Å². The van der Waals surface area contributed by atoms with Crippen LogP contribution in [0.3, 0.4) is 0 Å². The number of anilines is 1. The van der Waals surface area contributed by atoms with E-state index in [4.69, 9.17) is 12.2 Å². The summed E-state index contributed by atoms with van der Waals surface area (Å²) in [5.41, 5.74) is 4.86. The second-order valence-electron chi connectivity index (χ2n) is 5.43. The summed E-state index contributed by atoms with van der Waals surface area (Å²) in [6.07, 6.45) is 0.978. The van der Waals surface area contributed by atoms with Crippen molar-refractivity contribution in [3.8, 4) is 0 Å². The van der Waals surface area contributed by atoms with Crippen LogP contribution in [0, 0.1) is 13.8 Å². The molecule has 116 valence electrons. The maximum atomic E-state index is 5.45. The Bertz CT molecular complexity index is 653. The van der Waals surface area contributed by atoms with E-state index in [2.05, 4.69) is 65.5 Å². The van der Waals surface area contributed by atoms with Crippen LogP contribution in [0.15, 0.2) is 46.9 Å². The van der Waals surface area contributed by atoms with Gasteiger partial charge in [0.1, 0.15) is 0 Å². The molecule has 0 amide bonds. The fraction of sp³-hybridized carbons (Fsp3) is 0.278. The minimum Gasteiger partial charge on any atom is -0.356 e. The van der Waals surface area contributed by atoms with Gasteiger partial charge in [0.2, 0.25) is 0 Å². The average molecular weight is 377 g/mol. The molecular weight excluding hydrogens is 356 g/mol. The van der Waals surface area contributed by atoms with Gasteiger partial charge in [-0.3, -0.25) is 0 Å². The smallest absolute Gasteiger partial charge is 0.171 e. The van der Waals surface area contributed by atoms with E-state index in [-0.39, 0.29) is 6.04 Å². The third-order valence-corrected chi connectivity index (χ3v) is 4.36. The van der Waals surface area contributed by atoms with Gasteiger partial charge in [-0.25, -0.2) is 0 Å². The Morgan fingerprint density at radius 2 is 1.82 bits per heavy atom. The number of benzene rings is 2. The van der Waals surface area contributed by atoms with Crippen LogP contribution in [-0.2, 0) is 0 Å². The van der Waals surface area contributed by atoms with Gasteiger partial charge < -0.3 is 10.6 Å². The van der Waals surface area contributed by atoms with Crippen LogP contribution in [0.25, 0.3) is 0 Å². The van der Waals surface area contributed by atoms with Crippen LogP contribution in [0.1, 0.15) is 36.1 Å². The van der Waals surface area contributed by atoms with Crippen molar-refractivity contribution < 1.29 is 0 Å². The number of hydrogen-bond donors (Lipinski definition) is 2. The molecule has 2 aromatic carbocycles. The number of hydrogen-bond acceptors (Lipinski definition) is 1. The van der Waals surface area contributed by atoms with Crippen LogP contribution in [-0.4, -0.2) is 5.11 Å². The lowest BCUT2D eigenvalue weighted by Crippen LogP contribution is -2.32. The van der Waals surface area contributed by atoms with E-state index in [0.717, 1.165) is 16.6 Å². The summed E-state index contributed by atoms with van der Waals surface area (Å²) < 4.78 is 1.05. The number of halogens is 1. The van der Waals surface area contributed by atoms with Crippen LogP contribution < -0.4 is 10.6 Å². The molecule has 0 radical (unpaired) electrons. The predicted molar refractivity (Wildman–Crippen MR) is 102 cm³/mol. The quantitative estimate of drug-likeness (QED) is 0.688. The molecule has 2 rings (SSSR count). The van der Waals surface area contributed by atoms with Crippen molar-refractivity contribution in [1.29, 1.82) is 0 Å². The van der Waals surface area contributed by atoms with E-state index >= 15 is 0 Å². The topological polar surface area (TPSA) is 24.1 Å². The molecule has 0 spiro atoms. The molecule has 0 saturated carbocycles. The lowest BCUT2D eigenvalue weighted by molar-refractivity contribution is 0.625. The number of aryl methyl sites for hydroxylation is 2. The summed E-state index contributed by atoms with van der Waals surface area (Å²) in [7, 11) is 0. The lowest BCUT2D eigenvalue weighted by atomic mass is 9.98. The molecular formula is C18H21BrN2S. The van der Waals surface area contributed by atoms with Crippen molar-refractivity contribution in [2.45, 2.75) is 33.2 Å². The van der Waals surface area contributed by atoms with E-state index in [1.807, 2.05) is 24.3 Å². The van der Waals surface area contributed by atoms with Crippen LogP contribution in [0.4, 0.5) is 5.69 Å². The standard InChI is InChI=1S/C18H21BrN2S/c1-4-17(16-10-5-12(2)11-13(16)3)21-18(22)20-15-8-6-14(19)7-9-15/h5-11,17H,4H2,1-3H3,(H2,20,21,22). The number of rotatable bonds is 4. The molecule has 0 bridgehead atoms. The van der Waals surface area contributed by atoms with Crippen LogP contribution >= 0.6 is 28.1 Å². The Labute approximate surface area is 146 Å². The molecule has 1 atom stereocenters. The minimum atomic E-state index is 0.219. The molecule has 22 heavy (non-hydrogen) atoms. The molecule has 1 unspecified atom stereocenters. The second kappa shape index (κ2) is 7.75. The molecule has 0 fully saturated rings. The molecule has 2 N–H and O–H groups in total. The average Bonchev–Trinajstić information content (AvgIpc) is 2.48. The first-order chi connectivity index (χ1) is 10.5. The molecule has 0 saturated heterocycles. The van der Waals surface area contributed by atoms with Gasteiger partial charge in [0.05, 0.1) is 6.04 Å². The molecule has 0 aliphatic rings. The monoisotopic (exact) mass is 376 g/mol. The fourth-order valence-electron chi connectivity index (χ4n) is 2.47. The van der Waals surface area contributed by atoms with Gasteiger partial charge in [-0.15, -0.1) is 0 Å². The Morgan fingerprint density at radius 3 is 2.41 bits per heavy atom. The molecule has 2 aromatic rings. The van der Waals surface area contributed by atoms with Crippen molar-refractivity contribution in [1.82, 2.24) is 5.32 Å². The van der Waals surface area contributed by atoms with E-state index in [9.17, 15) is 0 Å². The maximum absolute atomic E-state index is 5.45. The first kappa shape index (κ1) is 17.0. The molecule has 4 heteroatoms. The Hall–Kier alpha value is -1.39. The fourth-order valence-corrected chi connectivity index (χ4v) is 3.00. The van der Waals surface area contributed by atoms with E-state index in [1.165, 1.54) is 16.7 Å². The lowest BCUT2D eigenvalue weighted by Gasteiger charge is -2.22. The van der Waals surface area contributed by atoms with Gasteiger partial charge in [0, 0.05) is 10.2 Å². The molecule has 0 heterocycles. The highest BCUT2D eigenvalue weighted by Crippen LogP contribution is 2.22. The van der Waals surface area contributed by atoms with E-state index < -0.39 is 0 Å². The third kappa shape index (κ3) is 4.55.